The summed E-state index contributed by atoms with van der Waals surface area (Å²) < 4.78 is 0. The van der Waals surface area contributed by atoms with Gasteiger partial charge in [0.15, 0.2) is 0 Å². The van der Waals surface area contributed by atoms with Crippen LogP contribution in [-0.2, 0) is 9.59 Å². The predicted octanol–water partition coefficient (Wildman–Crippen LogP) is -0.0441. The quantitative estimate of drug-likeness (QED) is 0.643. The molecule has 0 rings (SSSR count). The van der Waals surface area contributed by atoms with E-state index in [4.69, 9.17) is 5.73 Å². The molecule has 0 aliphatic rings. The fraction of sp³-hybridized carbons (Fsp3) is 0.818. The topological polar surface area (TPSA) is 75.4 Å². The normalized spacial score (nSPS) is 12.0. The molecule has 5 heteroatoms. The van der Waals surface area contributed by atoms with Gasteiger partial charge in [-0.3, -0.25) is 9.59 Å². The largest absolute Gasteiger partial charge is 0.358 e. The summed E-state index contributed by atoms with van der Waals surface area (Å²) in [7, 11) is 1.57. The van der Waals surface area contributed by atoms with E-state index in [1.54, 1.807) is 11.9 Å². The molecule has 5 nitrogen and oxygen atoms in total. The first kappa shape index (κ1) is 14.9. The average molecular weight is 229 g/mol. The van der Waals surface area contributed by atoms with Gasteiger partial charge in [-0.15, -0.1) is 0 Å². The lowest BCUT2D eigenvalue weighted by atomic mass is 10.1. The lowest BCUT2D eigenvalue weighted by Crippen LogP contribution is -2.39. The van der Waals surface area contributed by atoms with Gasteiger partial charge in [0.05, 0.1) is 6.54 Å². The fourth-order valence-electron chi connectivity index (χ4n) is 1.27. The van der Waals surface area contributed by atoms with Gasteiger partial charge >= 0.3 is 0 Å². The second-order valence-electron chi connectivity index (χ2n) is 3.96. The first-order chi connectivity index (χ1) is 7.54. The predicted molar refractivity (Wildman–Crippen MR) is 63.8 cm³/mol. The molecule has 0 aromatic carbocycles. The van der Waals surface area contributed by atoms with Gasteiger partial charge in [0.1, 0.15) is 0 Å². The molecule has 0 bridgehead atoms. The van der Waals surface area contributed by atoms with Crippen LogP contribution < -0.4 is 11.1 Å². The van der Waals surface area contributed by atoms with E-state index in [1.807, 2.05) is 13.8 Å². The molecule has 16 heavy (non-hydrogen) atoms. The van der Waals surface area contributed by atoms with E-state index >= 15 is 0 Å². The number of hydrogen-bond donors (Lipinski definition) is 2. The summed E-state index contributed by atoms with van der Waals surface area (Å²) in [4.78, 5) is 24.5. The maximum atomic E-state index is 11.8. The van der Waals surface area contributed by atoms with Crippen molar-refractivity contribution in [3.05, 3.63) is 0 Å². The Balaban J connectivity index is 4.05. The zero-order valence-corrected chi connectivity index (χ0v) is 10.5. The molecule has 0 spiro atoms. The molecule has 1 unspecified atom stereocenters. The summed E-state index contributed by atoms with van der Waals surface area (Å²) >= 11 is 0. The Labute approximate surface area is 97.4 Å². The zero-order chi connectivity index (χ0) is 12.6. The number of amides is 2. The molecule has 0 aromatic heterocycles. The Morgan fingerprint density at radius 2 is 2.06 bits per heavy atom. The van der Waals surface area contributed by atoms with Gasteiger partial charge in [-0.05, 0) is 25.8 Å². The molecule has 0 heterocycles. The molecule has 0 aliphatic carbocycles. The minimum Gasteiger partial charge on any atom is -0.358 e. The first-order valence-corrected chi connectivity index (χ1v) is 5.73. The smallest absolute Gasteiger partial charge is 0.239 e. The van der Waals surface area contributed by atoms with E-state index in [0.717, 1.165) is 6.42 Å². The van der Waals surface area contributed by atoms with Crippen LogP contribution in [0.3, 0.4) is 0 Å². The van der Waals surface area contributed by atoms with Crippen molar-refractivity contribution in [1.82, 2.24) is 10.2 Å². The van der Waals surface area contributed by atoms with E-state index in [0.29, 0.717) is 25.4 Å². The summed E-state index contributed by atoms with van der Waals surface area (Å²) in [5.41, 5.74) is 5.48. The maximum absolute atomic E-state index is 11.8. The van der Waals surface area contributed by atoms with Crippen LogP contribution in [0.4, 0.5) is 0 Å². The number of carbonyl (C=O) groups excluding carboxylic acids is 2. The third-order valence-corrected chi connectivity index (χ3v) is 2.60. The van der Waals surface area contributed by atoms with Crippen molar-refractivity contribution in [3.63, 3.8) is 0 Å². The van der Waals surface area contributed by atoms with Gasteiger partial charge in [-0.2, -0.15) is 0 Å². The molecule has 1 atom stereocenters. The monoisotopic (exact) mass is 229 g/mol. The molecule has 0 radical (unpaired) electrons. The standard InChI is InChI=1S/C11H23N3O2/c1-4-14(8-10(15)13-3)11(16)6-5-9(2)7-12/h9H,4-8,12H2,1-3H3,(H,13,15). The van der Waals surface area contributed by atoms with Crippen LogP contribution in [0.15, 0.2) is 0 Å². The highest BCUT2D eigenvalue weighted by molar-refractivity contribution is 5.84. The van der Waals surface area contributed by atoms with Gasteiger partial charge in [0.25, 0.3) is 0 Å². The van der Waals surface area contributed by atoms with Gasteiger partial charge in [0, 0.05) is 20.0 Å². The molecular formula is C11H23N3O2. The second kappa shape index (κ2) is 8.10. The van der Waals surface area contributed by atoms with E-state index in [2.05, 4.69) is 5.32 Å². The van der Waals surface area contributed by atoms with Crippen LogP contribution in [0.5, 0.6) is 0 Å². The molecule has 0 aromatic rings. The van der Waals surface area contributed by atoms with Gasteiger partial charge in [-0.25, -0.2) is 0 Å². The number of nitrogens with zero attached hydrogens (tertiary/aromatic N) is 1. The molecular weight excluding hydrogens is 206 g/mol. The highest BCUT2D eigenvalue weighted by Gasteiger charge is 2.15. The number of nitrogens with two attached hydrogens (primary N) is 1. The third-order valence-electron chi connectivity index (χ3n) is 2.60. The Bertz CT molecular complexity index is 231. The van der Waals surface area contributed by atoms with E-state index in [9.17, 15) is 9.59 Å². The number of likely N-dealkylation sites (N-methyl/N-ethyl adjacent to an activating group) is 2. The number of hydrogen-bond acceptors (Lipinski definition) is 3. The first-order valence-electron chi connectivity index (χ1n) is 5.73. The maximum Gasteiger partial charge on any atom is 0.239 e. The van der Waals surface area contributed by atoms with E-state index in [-0.39, 0.29) is 18.4 Å². The molecule has 0 saturated carbocycles. The highest BCUT2D eigenvalue weighted by Crippen LogP contribution is 2.05. The van der Waals surface area contributed by atoms with Crippen molar-refractivity contribution in [2.75, 3.05) is 26.7 Å². The van der Waals surface area contributed by atoms with E-state index in [1.165, 1.54) is 0 Å². The van der Waals surface area contributed by atoms with Gasteiger partial charge in [-0.1, -0.05) is 6.92 Å². The SMILES string of the molecule is CCN(CC(=O)NC)C(=O)CCC(C)CN. The van der Waals surface area contributed by atoms with Gasteiger partial charge < -0.3 is 16.0 Å². The molecule has 0 aliphatic heterocycles. The Morgan fingerprint density at radius 3 is 2.50 bits per heavy atom. The summed E-state index contributed by atoms with van der Waals surface area (Å²) in [6.45, 7) is 5.18. The zero-order valence-electron chi connectivity index (χ0n) is 10.5. The average Bonchev–Trinajstić information content (AvgIpc) is 2.31. The summed E-state index contributed by atoms with van der Waals surface area (Å²) in [6.07, 6.45) is 1.24. The third kappa shape index (κ3) is 5.70. The van der Waals surface area contributed by atoms with Crippen LogP contribution in [0.2, 0.25) is 0 Å². The number of rotatable bonds is 7. The Morgan fingerprint density at radius 1 is 1.44 bits per heavy atom. The van der Waals surface area contributed by atoms with Crippen LogP contribution in [0, 0.1) is 5.92 Å². The minimum atomic E-state index is -0.137. The van der Waals surface area contributed by atoms with Crippen molar-refractivity contribution >= 4 is 11.8 Å². The Kier molecular flexibility index (Phi) is 7.54. The molecule has 0 fully saturated rings. The molecule has 94 valence electrons. The van der Waals surface area contributed by atoms with Crippen LogP contribution >= 0.6 is 0 Å². The molecule has 0 saturated heterocycles. The van der Waals surface area contributed by atoms with E-state index < -0.39 is 0 Å². The lowest BCUT2D eigenvalue weighted by Gasteiger charge is -2.20. The van der Waals surface area contributed by atoms with Gasteiger partial charge in [0.2, 0.25) is 11.8 Å². The van der Waals surface area contributed by atoms with Crippen molar-refractivity contribution in [2.45, 2.75) is 26.7 Å². The molecule has 3 N–H and O–H groups in total. The Hall–Kier alpha value is -1.10. The van der Waals surface area contributed by atoms with Crippen molar-refractivity contribution in [2.24, 2.45) is 11.7 Å². The van der Waals surface area contributed by atoms with Crippen molar-refractivity contribution < 1.29 is 9.59 Å². The number of nitrogens with one attached hydrogen (secondary N) is 1. The van der Waals surface area contributed by atoms with Crippen LogP contribution in [-0.4, -0.2) is 43.4 Å². The summed E-state index contributed by atoms with van der Waals surface area (Å²) in [5, 5.41) is 2.51. The van der Waals surface area contributed by atoms with Crippen LogP contribution in [0.1, 0.15) is 26.7 Å². The van der Waals surface area contributed by atoms with Crippen LogP contribution in [0.25, 0.3) is 0 Å². The highest BCUT2D eigenvalue weighted by atomic mass is 16.2. The fourth-order valence-corrected chi connectivity index (χ4v) is 1.27. The minimum absolute atomic E-state index is 0.0198. The van der Waals surface area contributed by atoms with Crippen molar-refractivity contribution in [1.29, 1.82) is 0 Å². The van der Waals surface area contributed by atoms with Crippen molar-refractivity contribution in [3.8, 4) is 0 Å². The second-order valence-corrected chi connectivity index (χ2v) is 3.96. The molecule has 2 amide bonds. The lowest BCUT2D eigenvalue weighted by molar-refractivity contribution is -0.135. The number of carbonyl (C=O) groups is 2. The summed E-state index contributed by atoms with van der Waals surface area (Å²) in [6, 6.07) is 0. The summed E-state index contributed by atoms with van der Waals surface area (Å²) in [5.74, 6) is 0.233.